The Morgan fingerprint density at radius 2 is 2.19 bits per heavy atom. The van der Waals surface area contributed by atoms with Crippen molar-refractivity contribution in [1.29, 1.82) is 5.26 Å². The minimum atomic E-state index is 0.756. The lowest BCUT2D eigenvalue weighted by atomic mass is 10.1. The first-order chi connectivity index (χ1) is 7.69. The van der Waals surface area contributed by atoms with Crippen LogP contribution < -0.4 is 10.2 Å². The summed E-state index contributed by atoms with van der Waals surface area (Å²) in [6.07, 6.45) is 1.08. The van der Waals surface area contributed by atoms with Crippen LogP contribution in [0.15, 0.2) is 18.2 Å². The van der Waals surface area contributed by atoms with E-state index in [1.54, 1.807) is 0 Å². The number of hydrogen-bond donors (Lipinski definition) is 1. The number of benzene rings is 1. The van der Waals surface area contributed by atoms with Crippen molar-refractivity contribution in [1.82, 2.24) is 5.32 Å². The number of nitrogens with zero attached hydrogens (tertiary/aromatic N) is 2. The summed E-state index contributed by atoms with van der Waals surface area (Å²) >= 11 is 0. The lowest BCUT2D eigenvalue weighted by Gasteiger charge is -2.20. The predicted molar refractivity (Wildman–Crippen MR) is 67.7 cm³/mol. The molecule has 0 heterocycles. The highest BCUT2D eigenvalue weighted by Gasteiger charge is 2.06. The highest BCUT2D eigenvalue weighted by atomic mass is 15.1. The molecule has 0 saturated heterocycles. The monoisotopic (exact) mass is 217 g/mol. The van der Waals surface area contributed by atoms with Crippen LogP contribution in [0.5, 0.6) is 0 Å². The van der Waals surface area contributed by atoms with Gasteiger partial charge in [0.1, 0.15) is 6.07 Å². The molecule has 0 radical (unpaired) electrons. The van der Waals surface area contributed by atoms with Crippen LogP contribution in [0, 0.1) is 18.3 Å². The molecule has 0 aliphatic heterocycles. The number of aryl methyl sites for hydroxylation is 1. The Hall–Kier alpha value is -1.53. The zero-order valence-corrected chi connectivity index (χ0v) is 10.2. The Morgan fingerprint density at radius 1 is 1.44 bits per heavy atom. The Kier molecular flexibility index (Phi) is 4.81. The molecule has 0 atom stereocenters. The molecule has 0 aliphatic carbocycles. The Morgan fingerprint density at radius 3 is 2.81 bits per heavy atom. The zero-order valence-electron chi connectivity index (χ0n) is 10.2. The minimum absolute atomic E-state index is 0.756. The molecule has 1 rings (SSSR count). The molecule has 0 bridgehead atoms. The molecule has 1 aromatic carbocycles. The van der Waals surface area contributed by atoms with Gasteiger partial charge in [-0.05, 0) is 44.6 Å². The van der Waals surface area contributed by atoms with Gasteiger partial charge in [0, 0.05) is 13.6 Å². The van der Waals surface area contributed by atoms with Crippen LogP contribution in [-0.2, 0) is 0 Å². The topological polar surface area (TPSA) is 39.1 Å². The normalized spacial score (nSPS) is 9.88. The number of rotatable bonds is 5. The number of hydrogen-bond acceptors (Lipinski definition) is 3. The molecule has 0 aliphatic rings. The van der Waals surface area contributed by atoms with Gasteiger partial charge in [-0.25, -0.2) is 0 Å². The maximum atomic E-state index is 9.07. The summed E-state index contributed by atoms with van der Waals surface area (Å²) in [5, 5.41) is 12.2. The first-order valence-electron chi connectivity index (χ1n) is 5.55. The fourth-order valence-corrected chi connectivity index (χ4v) is 1.69. The first kappa shape index (κ1) is 12.5. The van der Waals surface area contributed by atoms with Gasteiger partial charge in [-0.15, -0.1) is 0 Å². The average molecular weight is 217 g/mol. The predicted octanol–water partition coefficient (Wildman–Crippen LogP) is 1.91. The van der Waals surface area contributed by atoms with Gasteiger partial charge in [0.15, 0.2) is 0 Å². The Bertz CT molecular complexity index is 379. The van der Waals surface area contributed by atoms with Crippen LogP contribution in [0.4, 0.5) is 5.69 Å². The lowest BCUT2D eigenvalue weighted by Crippen LogP contribution is -2.22. The quantitative estimate of drug-likeness (QED) is 0.766. The van der Waals surface area contributed by atoms with Gasteiger partial charge < -0.3 is 10.2 Å². The number of nitriles is 1. The molecular weight excluding hydrogens is 198 g/mol. The smallest absolute Gasteiger partial charge is 0.101 e. The third kappa shape index (κ3) is 3.25. The highest BCUT2D eigenvalue weighted by Crippen LogP contribution is 2.20. The molecule has 0 unspecified atom stereocenters. The Labute approximate surface area is 97.7 Å². The van der Waals surface area contributed by atoms with Crippen LogP contribution in [0.25, 0.3) is 0 Å². The van der Waals surface area contributed by atoms with Crippen LogP contribution in [0.2, 0.25) is 0 Å². The van der Waals surface area contributed by atoms with Crippen molar-refractivity contribution in [2.45, 2.75) is 13.3 Å². The van der Waals surface area contributed by atoms with Crippen molar-refractivity contribution in [2.75, 3.05) is 32.1 Å². The molecule has 1 N–H and O–H groups in total. The summed E-state index contributed by atoms with van der Waals surface area (Å²) < 4.78 is 0. The molecule has 3 heteroatoms. The maximum Gasteiger partial charge on any atom is 0.101 e. The van der Waals surface area contributed by atoms with Crippen LogP contribution in [0.1, 0.15) is 17.5 Å². The van der Waals surface area contributed by atoms with E-state index < -0.39 is 0 Å². The fourth-order valence-electron chi connectivity index (χ4n) is 1.69. The first-order valence-corrected chi connectivity index (χ1v) is 5.55. The van der Waals surface area contributed by atoms with Gasteiger partial charge in [-0.2, -0.15) is 5.26 Å². The van der Waals surface area contributed by atoms with Crippen LogP contribution >= 0.6 is 0 Å². The lowest BCUT2D eigenvalue weighted by molar-refractivity contribution is 0.712. The van der Waals surface area contributed by atoms with Gasteiger partial charge in [0.25, 0.3) is 0 Å². The van der Waals surface area contributed by atoms with E-state index in [0.29, 0.717) is 0 Å². The van der Waals surface area contributed by atoms with Gasteiger partial charge in [-0.1, -0.05) is 6.07 Å². The van der Waals surface area contributed by atoms with Gasteiger partial charge in [0.05, 0.1) is 11.3 Å². The third-order valence-corrected chi connectivity index (χ3v) is 2.60. The van der Waals surface area contributed by atoms with Gasteiger partial charge in [0.2, 0.25) is 0 Å². The maximum absolute atomic E-state index is 9.07. The third-order valence-electron chi connectivity index (χ3n) is 2.60. The van der Waals surface area contributed by atoms with E-state index in [1.807, 2.05) is 39.2 Å². The molecule has 1 aromatic rings. The largest absolute Gasteiger partial charge is 0.373 e. The summed E-state index contributed by atoms with van der Waals surface area (Å²) in [6, 6.07) is 8.25. The molecule has 0 amide bonds. The summed E-state index contributed by atoms with van der Waals surface area (Å²) in [5.74, 6) is 0. The second-order valence-electron chi connectivity index (χ2n) is 4.01. The van der Waals surface area contributed by atoms with Crippen molar-refractivity contribution in [3.63, 3.8) is 0 Å². The molecule has 86 valence electrons. The summed E-state index contributed by atoms with van der Waals surface area (Å²) in [4.78, 5) is 2.13. The van der Waals surface area contributed by atoms with Crippen molar-refractivity contribution >= 4 is 5.69 Å². The van der Waals surface area contributed by atoms with E-state index in [0.717, 1.165) is 36.3 Å². The molecule has 0 saturated carbocycles. The molecule has 3 nitrogen and oxygen atoms in total. The molecule has 0 spiro atoms. The van der Waals surface area contributed by atoms with Crippen LogP contribution in [-0.4, -0.2) is 27.2 Å². The van der Waals surface area contributed by atoms with Crippen molar-refractivity contribution in [3.05, 3.63) is 29.3 Å². The van der Waals surface area contributed by atoms with Crippen molar-refractivity contribution in [2.24, 2.45) is 0 Å². The van der Waals surface area contributed by atoms with Crippen molar-refractivity contribution in [3.8, 4) is 6.07 Å². The average Bonchev–Trinajstić information content (AvgIpc) is 2.29. The second-order valence-corrected chi connectivity index (χ2v) is 4.01. The number of anilines is 1. The van der Waals surface area contributed by atoms with Gasteiger partial charge in [-0.3, -0.25) is 0 Å². The Balaban J connectivity index is 2.75. The minimum Gasteiger partial charge on any atom is -0.373 e. The summed E-state index contributed by atoms with van der Waals surface area (Å²) in [7, 11) is 3.98. The second kappa shape index (κ2) is 6.14. The zero-order chi connectivity index (χ0) is 12.0. The summed E-state index contributed by atoms with van der Waals surface area (Å²) in [5.41, 5.74) is 2.90. The van der Waals surface area contributed by atoms with E-state index >= 15 is 0 Å². The van der Waals surface area contributed by atoms with Crippen LogP contribution in [0.3, 0.4) is 0 Å². The number of nitrogens with one attached hydrogen (secondary N) is 1. The van der Waals surface area contributed by atoms with E-state index in [4.69, 9.17) is 5.26 Å². The fraction of sp³-hybridized carbons (Fsp3) is 0.462. The van der Waals surface area contributed by atoms with E-state index in [1.165, 1.54) is 0 Å². The van der Waals surface area contributed by atoms with E-state index in [-0.39, 0.29) is 0 Å². The molecule has 0 fully saturated rings. The SMILES string of the molecule is CNCCCN(C)c1ccc(C)cc1C#N. The highest BCUT2D eigenvalue weighted by molar-refractivity contribution is 5.59. The summed E-state index contributed by atoms with van der Waals surface area (Å²) in [6.45, 7) is 3.96. The van der Waals surface area contributed by atoms with Crippen molar-refractivity contribution < 1.29 is 0 Å². The molecular formula is C13H19N3. The van der Waals surface area contributed by atoms with E-state index in [9.17, 15) is 0 Å². The van der Waals surface area contributed by atoms with Gasteiger partial charge >= 0.3 is 0 Å². The molecule has 16 heavy (non-hydrogen) atoms. The van der Waals surface area contributed by atoms with E-state index in [2.05, 4.69) is 16.3 Å². The standard InChI is InChI=1S/C13H19N3/c1-11-5-6-13(12(9-11)10-14)16(3)8-4-7-15-2/h5-6,9,15H,4,7-8H2,1-3H3. The molecule has 0 aromatic heterocycles.